The Kier molecular flexibility index (Phi) is 5.02. The maximum Gasteiger partial charge on any atom is 0.306 e. The number of benzene rings is 1. The van der Waals surface area contributed by atoms with Crippen LogP contribution in [0.15, 0.2) is 28.7 Å². The first-order chi connectivity index (χ1) is 7.49. The molecule has 0 aromatic heterocycles. The number of hydrogen-bond acceptors (Lipinski definition) is 2. The maximum absolute atomic E-state index is 11.0. The fourth-order valence-corrected chi connectivity index (χ4v) is 1.85. The highest BCUT2D eigenvalue weighted by molar-refractivity contribution is 9.10. The molecule has 1 aromatic rings. The van der Waals surface area contributed by atoms with Crippen LogP contribution in [0.1, 0.15) is 5.56 Å². The van der Waals surface area contributed by atoms with E-state index in [-0.39, 0.29) is 6.32 Å². The van der Waals surface area contributed by atoms with E-state index in [2.05, 4.69) is 15.9 Å². The number of aliphatic carboxylic acids is 1. The van der Waals surface area contributed by atoms with Gasteiger partial charge in [0.25, 0.3) is 6.92 Å². The number of carbonyl (C=O) groups is 1. The van der Waals surface area contributed by atoms with Crippen molar-refractivity contribution in [3.05, 3.63) is 34.3 Å². The maximum atomic E-state index is 11.0. The van der Waals surface area contributed by atoms with E-state index in [9.17, 15) is 9.82 Å². The molecular formula is C11H14BBrO3. The summed E-state index contributed by atoms with van der Waals surface area (Å²) in [5.41, 5.74) is 0.969. The molecular weight excluding hydrogens is 271 g/mol. The van der Waals surface area contributed by atoms with Crippen molar-refractivity contribution in [2.45, 2.75) is 19.6 Å². The van der Waals surface area contributed by atoms with Crippen LogP contribution in [0.5, 0.6) is 0 Å². The zero-order valence-electron chi connectivity index (χ0n) is 9.06. The van der Waals surface area contributed by atoms with Crippen LogP contribution in [0.25, 0.3) is 0 Å². The predicted octanol–water partition coefficient (Wildman–Crippen LogP) is 2.31. The molecule has 0 heterocycles. The van der Waals surface area contributed by atoms with E-state index in [1.165, 1.54) is 0 Å². The fourth-order valence-electron chi connectivity index (χ4n) is 1.59. The van der Waals surface area contributed by atoms with Gasteiger partial charge in [0.05, 0.1) is 5.92 Å². The molecule has 0 aliphatic rings. The zero-order valence-corrected chi connectivity index (χ0v) is 10.6. The van der Waals surface area contributed by atoms with Crippen LogP contribution in [0.2, 0.25) is 13.1 Å². The van der Waals surface area contributed by atoms with Gasteiger partial charge in [0.15, 0.2) is 0 Å². The molecule has 0 fully saturated rings. The molecule has 0 saturated carbocycles. The first kappa shape index (κ1) is 13.3. The summed E-state index contributed by atoms with van der Waals surface area (Å²) < 4.78 is 0.971. The topological polar surface area (TPSA) is 57.5 Å². The minimum atomic E-state index is -0.858. The second kappa shape index (κ2) is 6.06. The van der Waals surface area contributed by atoms with Crippen LogP contribution in [0.4, 0.5) is 0 Å². The van der Waals surface area contributed by atoms with Crippen molar-refractivity contribution in [2.75, 3.05) is 0 Å². The SMILES string of the molecule is CB(O)C[C@H](Cc1ccc(Br)cc1)C(=O)O. The van der Waals surface area contributed by atoms with Crippen molar-refractivity contribution >= 4 is 28.8 Å². The Balaban J connectivity index is 2.68. The van der Waals surface area contributed by atoms with Gasteiger partial charge in [-0.3, -0.25) is 4.79 Å². The van der Waals surface area contributed by atoms with Crippen LogP contribution in [0, 0.1) is 5.92 Å². The van der Waals surface area contributed by atoms with Gasteiger partial charge in [-0.1, -0.05) is 34.9 Å². The monoisotopic (exact) mass is 284 g/mol. The number of rotatable bonds is 5. The minimum absolute atomic E-state index is 0.283. The number of hydrogen-bond donors (Lipinski definition) is 2. The Hall–Kier alpha value is -0.805. The molecule has 2 N–H and O–H groups in total. The van der Waals surface area contributed by atoms with E-state index in [1.54, 1.807) is 6.82 Å². The van der Waals surface area contributed by atoms with E-state index < -0.39 is 18.8 Å². The van der Waals surface area contributed by atoms with Gasteiger partial charge in [-0.15, -0.1) is 0 Å². The summed E-state index contributed by atoms with van der Waals surface area (Å²) in [5.74, 6) is -1.38. The van der Waals surface area contributed by atoms with Gasteiger partial charge in [-0.25, -0.2) is 0 Å². The Morgan fingerprint density at radius 1 is 1.44 bits per heavy atom. The first-order valence-electron chi connectivity index (χ1n) is 5.14. The summed E-state index contributed by atoms with van der Waals surface area (Å²) in [6, 6.07) is 7.55. The molecule has 0 aliphatic carbocycles. The fraction of sp³-hybridized carbons (Fsp3) is 0.364. The van der Waals surface area contributed by atoms with Gasteiger partial charge in [-0.05, 0) is 30.4 Å². The van der Waals surface area contributed by atoms with Crippen LogP contribution in [-0.2, 0) is 11.2 Å². The average molecular weight is 285 g/mol. The molecule has 0 unspecified atom stereocenters. The van der Waals surface area contributed by atoms with Crippen LogP contribution in [0.3, 0.4) is 0 Å². The molecule has 0 bridgehead atoms. The molecule has 1 atom stereocenters. The predicted molar refractivity (Wildman–Crippen MR) is 67.6 cm³/mol. The summed E-state index contributed by atoms with van der Waals surface area (Å²) >= 11 is 3.32. The number of carboxylic acids is 1. The van der Waals surface area contributed by atoms with Crippen LogP contribution in [-0.4, -0.2) is 23.0 Å². The second-order valence-corrected chi connectivity index (χ2v) is 4.87. The number of halogens is 1. The molecule has 5 heteroatoms. The molecule has 0 amide bonds. The molecule has 0 aliphatic heterocycles. The summed E-state index contributed by atoms with van der Waals surface area (Å²) in [5, 5.41) is 18.2. The van der Waals surface area contributed by atoms with Gasteiger partial charge in [0, 0.05) is 4.47 Å². The van der Waals surface area contributed by atoms with Crippen molar-refractivity contribution in [1.82, 2.24) is 0 Å². The van der Waals surface area contributed by atoms with Crippen molar-refractivity contribution in [1.29, 1.82) is 0 Å². The lowest BCUT2D eigenvalue weighted by atomic mass is 9.63. The third kappa shape index (κ3) is 4.37. The summed E-state index contributed by atoms with van der Waals surface area (Å²) in [4.78, 5) is 11.0. The second-order valence-electron chi connectivity index (χ2n) is 3.95. The smallest absolute Gasteiger partial charge is 0.306 e. The molecule has 0 spiro atoms. The highest BCUT2D eigenvalue weighted by Gasteiger charge is 2.21. The van der Waals surface area contributed by atoms with E-state index in [4.69, 9.17) is 5.11 Å². The Bertz CT molecular complexity index is 351. The van der Waals surface area contributed by atoms with Crippen molar-refractivity contribution < 1.29 is 14.9 Å². The van der Waals surface area contributed by atoms with Crippen molar-refractivity contribution in [2.24, 2.45) is 5.92 Å². The van der Waals surface area contributed by atoms with E-state index in [1.807, 2.05) is 24.3 Å². The molecule has 0 radical (unpaired) electrons. The summed E-state index contributed by atoms with van der Waals surface area (Å²) in [6.45, 7) is 1.02. The molecule has 86 valence electrons. The molecule has 3 nitrogen and oxygen atoms in total. The normalized spacial score (nSPS) is 12.2. The lowest BCUT2D eigenvalue weighted by Gasteiger charge is -2.12. The third-order valence-corrected chi connectivity index (χ3v) is 2.90. The third-order valence-electron chi connectivity index (χ3n) is 2.37. The van der Waals surface area contributed by atoms with Gasteiger partial charge >= 0.3 is 5.97 Å². The Labute approximate surface area is 104 Å². The molecule has 1 rings (SSSR count). The molecule has 16 heavy (non-hydrogen) atoms. The Morgan fingerprint density at radius 3 is 2.44 bits per heavy atom. The highest BCUT2D eigenvalue weighted by atomic mass is 79.9. The van der Waals surface area contributed by atoms with Crippen molar-refractivity contribution in [3.63, 3.8) is 0 Å². The summed E-state index contributed by atoms with van der Waals surface area (Å²) in [7, 11) is 0. The standard InChI is InChI=1S/C11H14BBrO3/c1-12(16)7-9(11(14)15)6-8-2-4-10(13)5-3-8/h2-5,9,16H,6-7H2,1H3,(H,14,15)/t9-/m0/s1. The zero-order chi connectivity index (χ0) is 12.1. The first-order valence-corrected chi connectivity index (χ1v) is 5.93. The van der Waals surface area contributed by atoms with Crippen LogP contribution < -0.4 is 0 Å². The van der Waals surface area contributed by atoms with E-state index >= 15 is 0 Å². The van der Waals surface area contributed by atoms with Crippen LogP contribution >= 0.6 is 15.9 Å². The summed E-state index contributed by atoms with van der Waals surface area (Å²) in [6.07, 6.45) is 0.735. The number of carboxylic acid groups (broad SMARTS) is 1. The molecule has 1 aromatic carbocycles. The lowest BCUT2D eigenvalue weighted by molar-refractivity contribution is -0.141. The van der Waals surface area contributed by atoms with E-state index in [0.29, 0.717) is 6.42 Å². The largest absolute Gasteiger partial charge is 0.481 e. The Morgan fingerprint density at radius 2 is 2.00 bits per heavy atom. The minimum Gasteiger partial charge on any atom is -0.481 e. The quantitative estimate of drug-likeness (QED) is 0.816. The molecule has 0 saturated heterocycles. The lowest BCUT2D eigenvalue weighted by Crippen LogP contribution is -2.22. The van der Waals surface area contributed by atoms with E-state index in [0.717, 1.165) is 10.0 Å². The van der Waals surface area contributed by atoms with Gasteiger partial charge in [0.1, 0.15) is 0 Å². The van der Waals surface area contributed by atoms with Gasteiger partial charge in [0.2, 0.25) is 0 Å². The highest BCUT2D eigenvalue weighted by Crippen LogP contribution is 2.17. The average Bonchev–Trinajstić information content (AvgIpc) is 2.19. The van der Waals surface area contributed by atoms with Gasteiger partial charge < -0.3 is 10.1 Å². The van der Waals surface area contributed by atoms with Crippen molar-refractivity contribution in [3.8, 4) is 0 Å². The van der Waals surface area contributed by atoms with Gasteiger partial charge in [-0.2, -0.15) is 0 Å².